The first kappa shape index (κ1) is 29.4. The fourth-order valence-electron chi connectivity index (χ4n) is 4.49. The van der Waals surface area contributed by atoms with E-state index < -0.39 is 26.0 Å². The maximum absolute atomic E-state index is 13.2. The van der Waals surface area contributed by atoms with Crippen molar-refractivity contribution in [2.24, 2.45) is 0 Å². The molecule has 0 bridgehead atoms. The molecule has 0 atom stereocenters. The SMILES string of the molecule is Cc1ccc(NS(=O)(=O)c2ccc(OCC(=O)Nc3ccc4c(c3)N(S(=O)(=O)c3ccc(Cl)cc3)CC4)cc2)cc1C. The van der Waals surface area contributed by atoms with Gasteiger partial charge in [0.1, 0.15) is 5.75 Å². The highest BCUT2D eigenvalue weighted by Crippen LogP contribution is 2.35. The summed E-state index contributed by atoms with van der Waals surface area (Å²) in [6, 6.07) is 22.1. The van der Waals surface area contributed by atoms with Crippen molar-refractivity contribution >= 4 is 54.6 Å². The highest BCUT2D eigenvalue weighted by Gasteiger charge is 2.31. The highest BCUT2D eigenvalue weighted by atomic mass is 35.5. The lowest BCUT2D eigenvalue weighted by Crippen LogP contribution is -2.29. The van der Waals surface area contributed by atoms with Crippen LogP contribution in [0.3, 0.4) is 0 Å². The number of carbonyl (C=O) groups excluding carboxylic acids is 1. The van der Waals surface area contributed by atoms with Gasteiger partial charge in [0.25, 0.3) is 26.0 Å². The number of hydrogen-bond donors (Lipinski definition) is 2. The molecule has 1 amide bonds. The van der Waals surface area contributed by atoms with Crippen LogP contribution in [0.4, 0.5) is 17.1 Å². The molecule has 0 unspecified atom stereocenters. The Morgan fingerprint density at radius 1 is 0.833 bits per heavy atom. The van der Waals surface area contributed by atoms with Crippen LogP contribution >= 0.6 is 11.6 Å². The summed E-state index contributed by atoms with van der Waals surface area (Å²) in [7, 11) is -7.62. The molecule has 0 aliphatic carbocycles. The van der Waals surface area contributed by atoms with Crippen LogP contribution in [-0.2, 0) is 31.3 Å². The fraction of sp³-hybridized carbons (Fsp3) is 0.167. The normalized spacial score (nSPS) is 13.0. The summed E-state index contributed by atoms with van der Waals surface area (Å²) >= 11 is 5.91. The van der Waals surface area contributed by atoms with E-state index in [4.69, 9.17) is 16.3 Å². The van der Waals surface area contributed by atoms with E-state index in [1.54, 1.807) is 30.3 Å². The van der Waals surface area contributed by atoms with Crippen molar-refractivity contribution in [2.75, 3.05) is 27.5 Å². The van der Waals surface area contributed by atoms with E-state index in [-0.39, 0.29) is 22.9 Å². The minimum atomic E-state index is -3.81. The maximum atomic E-state index is 13.2. The third-order valence-corrected chi connectivity index (χ3v) is 10.4. The van der Waals surface area contributed by atoms with Gasteiger partial charge in [0, 0.05) is 22.9 Å². The van der Waals surface area contributed by atoms with Gasteiger partial charge in [0.05, 0.1) is 15.5 Å². The van der Waals surface area contributed by atoms with Gasteiger partial charge in [-0.15, -0.1) is 0 Å². The first-order chi connectivity index (χ1) is 19.9. The quantitative estimate of drug-likeness (QED) is 0.252. The number of nitrogens with one attached hydrogen (secondary N) is 2. The molecule has 0 saturated carbocycles. The molecule has 2 N–H and O–H groups in total. The second kappa shape index (κ2) is 11.7. The lowest BCUT2D eigenvalue weighted by Gasteiger charge is -2.20. The standard InChI is InChI=1S/C30H28ClN3O6S2/c1-20-3-7-25(17-21(20)2)33-41(36,37)27-13-9-26(10-14-27)40-19-30(35)32-24-8-4-22-15-16-34(29(22)18-24)42(38,39)28-11-5-23(31)6-12-28/h3-14,17-18,33H,15-16,19H2,1-2H3,(H,32,35). The van der Waals surface area contributed by atoms with Crippen LogP contribution < -0.4 is 19.1 Å². The lowest BCUT2D eigenvalue weighted by molar-refractivity contribution is -0.118. The average Bonchev–Trinajstić information content (AvgIpc) is 3.38. The van der Waals surface area contributed by atoms with Crippen LogP contribution in [-0.4, -0.2) is 35.9 Å². The van der Waals surface area contributed by atoms with Gasteiger partial charge in [-0.1, -0.05) is 23.7 Å². The number of ether oxygens (including phenoxy) is 1. The zero-order valence-corrected chi connectivity index (χ0v) is 25.2. The molecule has 42 heavy (non-hydrogen) atoms. The Kier molecular flexibility index (Phi) is 8.18. The van der Waals surface area contributed by atoms with Crippen molar-refractivity contribution in [2.45, 2.75) is 30.1 Å². The van der Waals surface area contributed by atoms with Crippen LogP contribution in [0, 0.1) is 13.8 Å². The summed E-state index contributed by atoms with van der Waals surface area (Å²) in [5, 5.41) is 3.16. The van der Waals surface area contributed by atoms with Crippen molar-refractivity contribution in [3.63, 3.8) is 0 Å². The van der Waals surface area contributed by atoms with Gasteiger partial charge in [0.15, 0.2) is 6.61 Å². The molecular weight excluding hydrogens is 598 g/mol. The zero-order valence-electron chi connectivity index (χ0n) is 22.8. The summed E-state index contributed by atoms with van der Waals surface area (Å²) < 4.78 is 61.5. The van der Waals surface area contributed by atoms with Crippen molar-refractivity contribution < 1.29 is 26.4 Å². The van der Waals surface area contributed by atoms with Gasteiger partial charge >= 0.3 is 0 Å². The van der Waals surface area contributed by atoms with Crippen LogP contribution in [0.15, 0.2) is 94.7 Å². The number of fused-ring (bicyclic) bond motifs is 1. The van der Waals surface area contributed by atoms with E-state index in [1.165, 1.54) is 52.8 Å². The number of benzene rings is 4. The number of hydrogen-bond acceptors (Lipinski definition) is 6. The molecule has 1 aliphatic rings. The Labute approximate surface area is 250 Å². The van der Waals surface area contributed by atoms with Crippen molar-refractivity contribution in [1.29, 1.82) is 0 Å². The van der Waals surface area contributed by atoms with Crippen LogP contribution in [0.5, 0.6) is 5.75 Å². The van der Waals surface area contributed by atoms with Gasteiger partial charge in [-0.05, 0) is 110 Å². The van der Waals surface area contributed by atoms with E-state index in [0.29, 0.717) is 34.3 Å². The number of sulfonamides is 2. The Balaban J connectivity index is 1.20. The third-order valence-electron chi connectivity index (χ3n) is 6.89. The van der Waals surface area contributed by atoms with Crippen LogP contribution in [0.25, 0.3) is 0 Å². The number of aryl methyl sites for hydroxylation is 2. The predicted octanol–water partition coefficient (Wildman–Crippen LogP) is 5.53. The smallest absolute Gasteiger partial charge is 0.264 e. The number of carbonyl (C=O) groups is 1. The molecule has 5 rings (SSSR count). The Morgan fingerprint density at radius 3 is 2.19 bits per heavy atom. The molecule has 4 aromatic rings. The molecular formula is C30H28ClN3O6S2. The number of nitrogens with zero attached hydrogens (tertiary/aromatic N) is 1. The largest absolute Gasteiger partial charge is 0.484 e. The lowest BCUT2D eigenvalue weighted by atomic mass is 10.1. The monoisotopic (exact) mass is 625 g/mol. The highest BCUT2D eigenvalue weighted by molar-refractivity contribution is 7.93. The third kappa shape index (κ3) is 6.38. The van der Waals surface area contributed by atoms with Gasteiger partial charge in [-0.25, -0.2) is 16.8 Å². The number of rotatable bonds is 9. The Hall–Kier alpha value is -4.06. The van der Waals surface area contributed by atoms with E-state index in [0.717, 1.165) is 16.7 Å². The molecule has 0 aromatic heterocycles. The molecule has 4 aromatic carbocycles. The van der Waals surface area contributed by atoms with Crippen molar-refractivity contribution in [3.8, 4) is 5.75 Å². The van der Waals surface area contributed by atoms with Crippen LogP contribution in [0.1, 0.15) is 16.7 Å². The molecule has 0 spiro atoms. The first-order valence-electron chi connectivity index (χ1n) is 13.0. The first-order valence-corrected chi connectivity index (χ1v) is 16.3. The Bertz CT molecular complexity index is 1860. The topological polar surface area (TPSA) is 122 Å². The van der Waals surface area contributed by atoms with Crippen LogP contribution in [0.2, 0.25) is 5.02 Å². The van der Waals surface area contributed by atoms with Crippen molar-refractivity contribution in [3.05, 3.63) is 107 Å². The number of anilines is 3. The molecule has 218 valence electrons. The molecule has 0 saturated heterocycles. The summed E-state index contributed by atoms with van der Waals surface area (Å²) in [4.78, 5) is 12.8. The molecule has 0 radical (unpaired) electrons. The minimum absolute atomic E-state index is 0.0498. The summed E-state index contributed by atoms with van der Waals surface area (Å²) in [6.07, 6.45) is 0.547. The summed E-state index contributed by atoms with van der Waals surface area (Å²) in [5.41, 5.74) is 4.26. The molecule has 1 aliphatic heterocycles. The Morgan fingerprint density at radius 2 is 1.50 bits per heavy atom. The summed E-state index contributed by atoms with van der Waals surface area (Å²) in [6.45, 7) is 3.80. The molecule has 9 nitrogen and oxygen atoms in total. The van der Waals surface area contributed by atoms with E-state index in [1.807, 2.05) is 19.9 Å². The average molecular weight is 626 g/mol. The predicted molar refractivity (Wildman–Crippen MR) is 163 cm³/mol. The van der Waals surface area contributed by atoms with E-state index in [9.17, 15) is 21.6 Å². The number of amides is 1. The van der Waals surface area contributed by atoms with E-state index >= 15 is 0 Å². The van der Waals surface area contributed by atoms with Gasteiger partial charge in [-0.3, -0.25) is 13.8 Å². The second-order valence-corrected chi connectivity index (χ2v) is 13.8. The molecule has 0 fully saturated rings. The molecule has 12 heteroatoms. The minimum Gasteiger partial charge on any atom is -0.484 e. The second-order valence-electron chi connectivity index (χ2n) is 9.84. The zero-order chi connectivity index (χ0) is 30.1. The van der Waals surface area contributed by atoms with Gasteiger partial charge in [0.2, 0.25) is 0 Å². The van der Waals surface area contributed by atoms with Crippen molar-refractivity contribution in [1.82, 2.24) is 0 Å². The molecule has 1 heterocycles. The van der Waals surface area contributed by atoms with Gasteiger partial charge in [-0.2, -0.15) is 0 Å². The van der Waals surface area contributed by atoms with Gasteiger partial charge < -0.3 is 10.1 Å². The van der Waals surface area contributed by atoms with E-state index in [2.05, 4.69) is 10.0 Å². The number of halogens is 1. The fourth-order valence-corrected chi connectivity index (χ4v) is 7.16. The maximum Gasteiger partial charge on any atom is 0.264 e. The summed E-state index contributed by atoms with van der Waals surface area (Å²) in [5.74, 6) is -0.155.